The zero-order valence-corrected chi connectivity index (χ0v) is 16.3. The van der Waals surface area contributed by atoms with Gasteiger partial charge in [0.15, 0.2) is 6.61 Å². The lowest BCUT2D eigenvalue weighted by molar-refractivity contribution is -0.118. The number of benzene rings is 1. The quantitative estimate of drug-likeness (QED) is 0.673. The van der Waals surface area contributed by atoms with Crippen molar-refractivity contribution in [2.24, 2.45) is 0 Å². The summed E-state index contributed by atoms with van der Waals surface area (Å²) in [6.07, 6.45) is 0.754. The number of hydrogen-bond donors (Lipinski definition) is 2. The Hall–Kier alpha value is -2.87. The first-order valence-electron chi connectivity index (χ1n) is 8.53. The maximum atomic E-state index is 12.2. The molecule has 0 bridgehead atoms. The van der Waals surface area contributed by atoms with Gasteiger partial charge < -0.3 is 20.1 Å². The molecule has 1 aromatic heterocycles. The van der Waals surface area contributed by atoms with E-state index in [0.717, 1.165) is 11.3 Å². The molecule has 0 spiro atoms. The normalized spacial score (nSPS) is 10.2. The van der Waals surface area contributed by atoms with E-state index < -0.39 is 5.97 Å². The van der Waals surface area contributed by atoms with Gasteiger partial charge in [-0.15, -0.1) is 11.3 Å². The van der Waals surface area contributed by atoms with Gasteiger partial charge in [0.1, 0.15) is 10.8 Å². The molecule has 0 aliphatic rings. The molecule has 0 saturated heterocycles. The highest BCUT2D eigenvalue weighted by Crippen LogP contribution is 2.29. The number of thiophene rings is 1. The van der Waals surface area contributed by atoms with Crippen molar-refractivity contribution in [3.63, 3.8) is 0 Å². The molecule has 0 atom stereocenters. The van der Waals surface area contributed by atoms with Crippen molar-refractivity contribution in [2.75, 3.05) is 23.8 Å². The monoisotopic (exact) mass is 390 g/mol. The van der Waals surface area contributed by atoms with E-state index in [1.165, 1.54) is 18.3 Å². The summed E-state index contributed by atoms with van der Waals surface area (Å²) in [6.45, 7) is 5.18. The van der Waals surface area contributed by atoms with Crippen LogP contribution in [0.25, 0.3) is 0 Å². The van der Waals surface area contributed by atoms with Gasteiger partial charge in [-0.2, -0.15) is 0 Å². The van der Waals surface area contributed by atoms with Crippen LogP contribution in [0.15, 0.2) is 30.3 Å². The smallest absolute Gasteiger partial charge is 0.341 e. The van der Waals surface area contributed by atoms with Crippen LogP contribution in [0, 0.1) is 0 Å². The molecule has 0 fully saturated rings. The minimum absolute atomic E-state index is 0.164. The molecule has 2 aromatic rings. The summed E-state index contributed by atoms with van der Waals surface area (Å²) in [4.78, 5) is 36.2. The number of rotatable bonds is 8. The van der Waals surface area contributed by atoms with Crippen molar-refractivity contribution < 1.29 is 23.9 Å². The lowest BCUT2D eigenvalue weighted by Crippen LogP contribution is -2.21. The molecule has 0 unspecified atom stereocenters. The SMILES string of the molecule is CCOC(=O)c1cc(CC)sc1NC(=O)COc1ccc(NC(C)=O)cc1. The number of aryl methyl sites for hydroxylation is 1. The van der Waals surface area contributed by atoms with Crippen molar-refractivity contribution in [3.8, 4) is 5.75 Å². The minimum atomic E-state index is -0.460. The highest BCUT2D eigenvalue weighted by molar-refractivity contribution is 7.16. The summed E-state index contributed by atoms with van der Waals surface area (Å²) in [7, 11) is 0. The van der Waals surface area contributed by atoms with Crippen molar-refractivity contribution in [1.82, 2.24) is 0 Å². The van der Waals surface area contributed by atoms with E-state index in [0.29, 0.717) is 22.0 Å². The van der Waals surface area contributed by atoms with Crippen LogP contribution in [0.1, 0.15) is 36.0 Å². The molecule has 0 aliphatic carbocycles. The van der Waals surface area contributed by atoms with Crippen molar-refractivity contribution in [3.05, 3.63) is 40.8 Å². The molecule has 1 aromatic carbocycles. The Morgan fingerprint density at radius 2 is 1.78 bits per heavy atom. The van der Waals surface area contributed by atoms with Crippen LogP contribution in [0.2, 0.25) is 0 Å². The highest BCUT2D eigenvalue weighted by atomic mass is 32.1. The Morgan fingerprint density at radius 1 is 1.07 bits per heavy atom. The first-order chi connectivity index (χ1) is 12.9. The predicted octanol–water partition coefficient (Wildman–Crippen LogP) is 3.46. The lowest BCUT2D eigenvalue weighted by atomic mass is 10.2. The van der Waals surface area contributed by atoms with Gasteiger partial charge in [0, 0.05) is 17.5 Å². The fraction of sp³-hybridized carbons (Fsp3) is 0.316. The lowest BCUT2D eigenvalue weighted by Gasteiger charge is -2.09. The van der Waals surface area contributed by atoms with Crippen molar-refractivity contribution in [2.45, 2.75) is 27.2 Å². The Bertz CT molecular complexity index is 814. The van der Waals surface area contributed by atoms with E-state index in [-0.39, 0.29) is 25.0 Å². The summed E-state index contributed by atoms with van der Waals surface area (Å²) in [5, 5.41) is 5.82. The molecule has 1 heterocycles. The number of anilines is 2. The van der Waals surface area contributed by atoms with Gasteiger partial charge in [-0.05, 0) is 43.7 Å². The van der Waals surface area contributed by atoms with Crippen LogP contribution in [0.5, 0.6) is 5.75 Å². The number of amides is 2. The number of esters is 1. The molecule has 144 valence electrons. The van der Waals surface area contributed by atoms with Crippen LogP contribution in [-0.2, 0) is 20.7 Å². The average Bonchev–Trinajstić information content (AvgIpc) is 3.04. The molecular weight excluding hydrogens is 368 g/mol. The molecule has 0 aliphatic heterocycles. The maximum absolute atomic E-state index is 12.2. The molecule has 8 heteroatoms. The molecule has 2 N–H and O–H groups in total. The van der Waals surface area contributed by atoms with E-state index in [2.05, 4.69) is 10.6 Å². The second kappa shape index (κ2) is 9.72. The fourth-order valence-corrected chi connectivity index (χ4v) is 3.22. The van der Waals surface area contributed by atoms with Crippen molar-refractivity contribution >= 4 is 39.8 Å². The third-order valence-corrected chi connectivity index (χ3v) is 4.62. The fourth-order valence-electron chi connectivity index (χ4n) is 2.22. The van der Waals surface area contributed by atoms with Gasteiger partial charge in [0.25, 0.3) is 5.91 Å². The largest absolute Gasteiger partial charge is 0.484 e. The van der Waals surface area contributed by atoms with E-state index in [9.17, 15) is 14.4 Å². The Kier molecular flexibility index (Phi) is 7.36. The second-order valence-electron chi connectivity index (χ2n) is 5.57. The molecule has 0 saturated carbocycles. The van der Waals surface area contributed by atoms with Gasteiger partial charge >= 0.3 is 5.97 Å². The van der Waals surface area contributed by atoms with Crippen LogP contribution in [0.3, 0.4) is 0 Å². The summed E-state index contributed by atoms with van der Waals surface area (Å²) in [5.41, 5.74) is 0.996. The van der Waals surface area contributed by atoms with Crippen LogP contribution >= 0.6 is 11.3 Å². The molecule has 2 rings (SSSR count). The van der Waals surface area contributed by atoms with Gasteiger partial charge in [0.2, 0.25) is 5.91 Å². The summed E-state index contributed by atoms with van der Waals surface area (Å²) < 4.78 is 10.5. The Morgan fingerprint density at radius 3 is 2.37 bits per heavy atom. The van der Waals surface area contributed by atoms with E-state index in [1.807, 2.05) is 6.92 Å². The van der Waals surface area contributed by atoms with Gasteiger partial charge in [-0.3, -0.25) is 9.59 Å². The van der Waals surface area contributed by atoms with Gasteiger partial charge in [-0.25, -0.2) is 4.79 Å². The minimum Gasteiger partial charge on any atom is -0.484 e. The van der Waals surface area contributed by atoms with E-state index in [4.69, 9.17) is 9.47 Å². The van der Waals surface area contributed by atoms with Crippen LogP contribution < -0.4 is 15.4 Å². The molecule has 7 nitrogen and oxygen atoms in total. The standard InChI is InChI=1S/C19H22N2O5S/c1-4-15-10-16(19(24)25-5-2)18(27-15)21-17(23)11-26-14-8-6-13(7-9-14)20-12(3)22/h6-10H,4-5,11H2,1-3H3,(H,20,22)(H,21,23). The number of carbonyl (C=O) groups is 3. The van der Waals surface area contributed by atoms with E-state index >= 15 is 0 Å². The molecule has 27 heavy (non-hydrogen) atoms. The Balaban J connectivity index is 1.96. The van der Waals surface area contributed by atoms with Crippen molar-refractivity contribution in [1.29, 1.82) is 0 Å². The molecular formula is C19H22N2O5S. The first kappa shape index (κ1) is 20.4. The zero-order valence-electron chi connectivity index (χ0n) is 15.5. The van der Waals surface area contributed by atoms with Crippen LogP contribution in [0.4, 0.5) is 10.7 Å². The summed E-state index contributed by atoms with van der Waals surface area (Å²) in [5.74, 6) is -0.512. The second-order valence-corrected chi connectivity index (χ2v) is 6.71. The third kappa shape index (κ3) is 6.10. The van der Waals surface area contributed by atoms with Gasteiger partial charge in [0.05, 0.1) is 12.2 Å². The highest BCUT2D eigenvalue weighted by Gasteiger charge is 2.18. The molecule has 0 radical (unpaired) electrons. The first-order valence-corrected chi connectivity index (χ1v) is 9.34. The summed E-state index contributed by atoms with van der Waals surface area (Å²) >= 11 is 1.34. The zero-order chi connectivity index (χ0) is 19.8. The topological polar surface area (TPSA) is 93.7 Å². The van der Waals surface area contributed by atoms with Crippen LogP contribution in [-0.4, -0.2) is 31.0 Å². The third-order valence-electron chi connectivity index (χ3n) is 3.42. The number of hydrogen-bond acceptors (Lipinski definition) is 6. The Labute approximate surface area is 161 Å². The maximum Gasteiger partial charge on any atom is 0.341 e. The average molecular weight is 390 g/mol. The van der Waals surface area contributed by atoms with E-state index in [1.54, 1.807) is 37.3 Å². The van der Waals surface area contributed by atoms with Gasteiger partial charge in [-0.1, -0.05) is 6.92 Å². The number of nitrogens with one attached hydrogen (secondary N) is 2. The number of carbonyl (C=O) groups excluding carboxylic acids is 3. The predicted molar refractivity (Wildman–Crippen MR) is 105 cm³/mol. The number of ether oxygens (including phenoxy) is 2. The molecule has 2 amide bonds. The summed E-state index contributed by atoms with van der Waals surface area (Å²) in [6, 6.07) is 8.41.